The molecule has 2 rings (SSSR count). The monoisotopic (exact) mass is 303 g/mol. The van der Waals surface area contributed by atoms with Crippen molar-refractivity contribution in [1.82, 2.24) is 14.9 Å². The van der Waals surface area contributed by atoms with E-state index in [1.165, 1.54) is 29.8 Å². The highest BCUT2D eigenvalue weighted by Crippen LogP contribution is 2.28. The molecule has 0 aromatic carbocycles. The van der Waals surface area contributed by atoms with Gasteiger partial charge in [0.15, 0.2) is 0 Å². The predicted molar refractivity (Wildman–Crippen MR) is 78.0 cm³/mol. The fourth-order valence-corrected chi connectivity index (χ4v) is 3.92. The first-order valence-corrected chi connectivity index (χ1v) is 9.33. The van der Waals surface area contributed by atoms with Crippen LogP contribution in [0.3, 0.4) is 0 Å². The Bertz CT molecular complexity index is 428. The highest BCUT2D eigenvalue weighted by Gasteiger charge is 2.34. The van der Waals surface area contributed by atoms with Crippen molar-refractivity contribution in [2.75, 3.05) is 19.3 Å². The van der Waals surface area contributed by atoms with E-state index in [4.69, 9.17) is 0 Å². The van der Waals surface area contributed by atoms with Crippen molar-refractivity contribution in [2.45, 2.75) is 57.0 Å². The molecule has 2 N–H and O–H groups in total. The summed E-state index contributed by atoms with van der Waals surface area (Å²) in [4.78, 5) is 11.7. The molecule has 6 nitrogen and oxygen atoms in total. The Hall–Kier alpha value is -0.820. The zero-order chi connectivity index (χ0) is 14.6. The van der Waals surface area contributed by atoms with Crippen LogP contribution in [-0.4, -0.2) is 50.2 Å². The van der Waals surface area contributed by atoms with E-state index in [-0.39, 0.29) is 18.1 Å². The minimum atomic E-state index is -3.17. The minimum absolute atomic E-state index is 0.146. The fraction of sp³-hybridized carbons (Fsp3) is 0.923. The Morgan fingerprint density at radius 2 is 1.80 bits per heavy atom. The van der Waals surface area contributed by atoms with E-state index in [9.17, 15) is 13.2 Å². The SMILES string of the molecule is CS(=O)(=O)N(CCNC(=O)NC1CCCCC1)C1CC1. The van der Waals surface area contributed by atoms with Crippen LogP contribution in [0.15, 0.2) is 0 Å². The van der Waals surface area contributed by atoms with Gasteiger partial charge in [0.25, 0.3) is 0 Å². The topological polar surface area (TPSA) is 78.5 Å². The molecule has 2 aliphatic rings. The van der Waals surface area contributed by atoms with Crippen LogP contribution in [0.4, 0.5) is 4.79 Å². The molecule has 0 bridgehead atoms. The van der Waals surface area contributed by atoms with E-state index in [2.05, 4.69) is 10.6 Å². The second kappa shape index (κ2) is 6.76. The molecule has 0 atom stereocenters. The molecular formula is C13H25N3O3S. The summed E-state index contributed by atoms with van der Waals surface area (Å²) >= 11 is 0. The lowest BCUT2D eigenvalue weighted by Crippen LogP contribution is -2.46. The number of hydrogen-bond acceptors (Lipinski definition) is 3. The number of carbonyl (C=O) groups excluding carboxylic acids is 1. The van der Waals surface area contributed by atoms with Crippen molar-refractivity contribution in [3.05, 3.63) is 0 Å². The molecule has 7 heteroatoms. The van der Waals surface area contributed by atoms with E-state index >= 15 is 0 Å². The summed E-state index contributed by atoms with van der Waals surface area (Å²) in [5, 5.41) is 5.72. The van der Waals surface area contributed by atoms with Gasteiger partial charge in [0.1, 0.15) is 0 Å². The molecule has 2 saturated carbocycles. The van der Waals surface area contributed by atoms with Crippen molar-refractivity contribution in [3.8, 4) is 0 Å². The summed E-state index contributed by atoms with van der Waals surface area (Å²) in [7, 11) is -3.17. The molecule has 2 fully saturated rings. The van der Waals surface area contributed by atoms with Crippen molar-refractivity contribution in [2.24, 2.45) is 0 Å². The quantitative estimate of drug-likeness (QED) is 0.769. The first-order chi connectivity index (χ1) is 9.47. The van der Waals surface area contributed by atoms with Crippen LogP contribution >= 0.6 is 0 Å². The smallest absolute Gasteiger partial charge is 0.315 e. The first kappa shape index (κ1) is 15.6. The highest BCUT2D eigenvalue weighted by molar-refractivity contribution is 7.88. The maximum absolute atomic E-state index is 11.7. The number of nitrogens with one attached hydrogen (secondary N) is 2. The third kappa shape index (κ3) is 4.94. The lowest BCUT2D eigenvalue weighted by atomic mass is 9.96. The second-order valence-electron chi connectivity index (χ2n) is 5.84. The Morgan fingerprint density at radius 3 is 2.35 bits per heavy atom. The molecule has 116 valence electrons. The average Bonchev–Trinajstić information content (AvgIpc) is 3.18. The number of rotatable bonds is 6. The zero-order valence-corrected chi connectivity index (χ0v) is 12.9. The van der Waals surface area contributed by atoms with Gasteiger partial charge in [-0.25, -0.2) is 13.2 Å². The molecule has 0 spiro atoms. The molecule has 0 aromatic rings. The summed E-state index contributed by atoms with van der Waals surface area (Å²) in [5.41, 5.74) is 0. The van der Waals surface area contributed by atoms with Gasteiger partial charge in [-0.3, -0.25) is 0 Å². The second-order valence-corrected chi connectivity index (χ2v) is 7.78. The molecule has 0 radical (unpaired) electrons. The van der Waals surface area contributed by atoms with Gasteiger partial charge in [0.05, 0.1) is 6.26 Å². The Kier molecular flexibility index (Phi) is 5.26. The van der Waals surface area contributed by atoms with Gasteiger partial charge in [0.2, 0.25) is 10.0 Å². The van der Waals surface area contributed by atoms with Crippen LogP contribution in [0.25, 0.3) is 0 Å². The van der Waals surface area contributed by atoms with E-state index in [1.54, 1.807) is 0 Å². The summed E-state index contributed by atoms with van der Waals surface area (Å²) in [5.74, 6) is 0. The number of urea groups is 1. The van der Waals surface area contributed by atoms with Gasteiger partial charge < -0.3 is 10.6 Å². The number of hydrogen-bond donors (Lipinski definition) is 2. The third-order valence-electron chi connectivity index (χ3n) is 3.94. The van der Waals surface area contributed by atoms with Crippen molar-refractivity contribution < 1.29 is 13.2 Å². The molecule has 0 saturated heterocycles. The van der Waals surface area contributed by atoms with Gasteiger partial charge >= 0.3 is 6.03 Å². The molecule has 0 heterocycles. The summed E-state index contributed by atoms with van der Waals surface area (Å²) in [6.07, 6.45) is 8.79. The number of nitrogens with zero attached hydrogens (tertiary/aromatic N) is 1. The maximum atomic E-state index is 11.7. The average molecular weight is 303 g/mol. The Morgan fingerprint density at radius 1 is 1.15 bits per heavy atom. The largest absolute Gasteiger partial charge is 0.337 e. The van der Waals surface area contributed by atoms with Crippen LogP contribution in [-0.2, 0) is 10.0 Å². The zero-order valence-electron chi connectivity index (χ0n) is 12.1. The Balaban J connectivity index is 1.67. The molecule has 0 aromatic heterocycles. The standard InChI is InChI=1S/C13H25N3O3S/c1-20(18,19)16(12-7-8-12)10-9-14-13(17)15-11-5-3-2-4-6-11/h11-12H,2-10H2,1H3,(H2,14,15,17). The number of amides is 2. The lowest BCUT2D eigenvalue weighted by Gasteiger charge is -2.23. The van der Waals surface area contributed by atoms with Crippen LogP contribution in [0.2, 0.25) is 0 Å². The normalized spacial score (nSPS) is 20.9. The van der Waals surface area contributed by atoms with Crippen LogP contribution in [0.5, 0.6) is 0 Å². The maximum Gasteiger partial charge on any atom is 0.315 e. The van der Waals surface area contributed by atoms with Crippen LogP contribution in [0, 0.1) is 0 Å². The van der Waals surface area contributed by atoms with Crippen LogP contribution in [0.1, 0.15) is 44.9 Å². The molecular weight excluding hydrogens is 278 g/mol. The number of carbonyl (C=O) groups is 1. The van der Waals surface area contributed by atoms with Gasteiger partial charge in [-0.05, 0) is 25.7 Å². The van der Waals surface area contributed by atoms with Gasteiger partial charge in [-0.15, -0.1) is 0 Å². The molecule has 2 amide bonds. The molecule has 2 aliphatic carbocycles. The summed E-state index contributed by atoms with van der Waals surface area (Å²) in [6, 6.07) is 0.243. The summed E-state index contributed by atoms with van der Waals surface area (Å²) in [6.45, 7) is 0.726. The minimum Gasteiger partial charge on any atom is -0.337 e. The summed E-state index contributed by atoms with van der Waals surface area (Å²) < 4.78 is 24.7. The van der Waals surface area contributed by atoms with E-state index in [0.29, 0.717) is 13.1 Å². The first-order valence-electron chi connectivity index (χ1n) is 7.48. The molecule has 20 heavy (non-hydrogen) atoms. The van der Waals surface area contributed by atoms with Gasteiger partial charge in [-0.1, -0.05) is 19.3 Å². The lowest BCUT2D eigenvalue weighted by molar-refractivity contribution is 0.231. The van der Waals surface area contributed by atoms with Gasteiger partial charge in [-0.2, -0.15) is 4.31 Å². The molecule has 0 aliphatic heterocycles. The Labute approximate surface area is 121 Å². The van der Waals surface area contributed by atoms with Crippen molar-refractivity contribution in [1.29, 1.82) is 0 Å². The van der Waals surface area contributed by atoms with Crippen LogP contribution < -0.4 is 10.6 Å². The number of sulfonamides is 1. The highest BCUT2D eigenvalue weighted by atomic mass is 32.2. The van der Waals surface area contributed by atoms with E-state index < -0.39 is 10.0 Å². The van der Waals surface area contributed by atoms with E-state index in [1.807, 2.05) is 0 Å². The fourth-order valence-electron chi connectivity index (χ4n) is 2.74. The third-order valence-corrected chi connectivity index (χ3v) is 5.27. The predicted octanol–water partition coefficient (Wildman–Crippen LogP) is 1.04. The molecule has 0 unspecified atom stereocenters. The van der Waals surface area contributed by atoms with Gasteiger partial charge in [0, 0.05) is 25.2 Å². The van der Waals surface area contributed by atoms with Crippen molar-refractivity contribution in [3.63, 3.8) is 0 Å². The van der Waals surface area contributed by atoms with Crippen molar-refractivity contribution >= 4 is 16.1 Å². The van der Waals surface area contributed by atoms with E-state index in [0.717, 1.165) is 25.7 Å².